The van der Waals surface area contributed by atoms with Gasteiger partial charge in [-0.1, -0.05) is 13.8 Å². The van der Waals surface area contributed by atoms with Gasteiger partial charge in [0.1, 0.15) is 6.73 Å². The Kier molecular flexibility index (Phi) is 5.73. The van der Waals surface area contributed by atoms with Crippen molar-refractivity contribution < 1.29 is 4.52 Å². The van der Waals surface area contributed by atoms with Gasteiger partial charge in [-0.25, -0.2) is 0 Å². The number of rotatable bonds is 4. The lowest BCUT2D eigenvalue weighted by atomic mass is 10.6. The summed E-state index contributed by atoms with van der Waals surface area (Å²) in [5, 5.41) is 0. The first-order valence-electron chi connectivity index (χ1n) is 2.89. The molecule has 0 aromatic rings. The molecule has 50 valence electrons. The average molecular weight is 135 g/mol. The monoisotopic (exact) mass is 135 g/mol. The van der Waals surface area contributed by atoms with E-state index in [4.69, 9.17) is 4.52 Å². The van der Waals surface area contributed by atoms with E-state index in [1.807, 2.05) is 0 Å². The molecule has 0 saturated carbocycles. The molecule has 0 N–H and O–H groups in total. The molecule has 0 aliphatic carbocycles. The zero-order valence-electron chi connectivity index (χ0n) is 5.55. The molecular formula is C5H14NOP. The van der Waals surface area contributed by atoms with Crippen LogP contribution < -0.4 is 0 Å². The van der Waals surface area contributed by atoms with Crippen LogP contribution in [-0.4, -0.2) is 24.7 Å². The van der Waals surface area contributed by atoms with E-state index in [1.54, 1.807) is 0 Å². The van der Waals surface area contributed by atoms with E-state index in [0.717, 1.165) is 19.8 Å². The van der Waals surface area contributed by atoms with Crippen LogP contribution in [0.1, 0.15) is 13.8 Å². The molecule has 0 amide bonds. The fourth-order valence-corrected chi connectivity index (χ4v) is 0.722. The maximum absolute atomic E-state index is 4.83. The largest absolute Gasteiger partial charge is 0.350 e. The third-order valence-electron chi connectivity index (χ3n) is 1.15. The molecule has 1 atom stereocenters. The van der Waals surface area contributed by atoms with Crippen molar-refractivity contribution in [3.8, 4) is 0 Å². The van der Waals surface area contributed by atoms with Gasteiger partial charge in [0.25, 0.3) is 0 Å². The smallest absolute Gasteiger partial charge is 0.103 e. The van der Waals surface area contributed by atoms with Gasteiger partial charge < -0.3 is 4.52 Å². The van der Waals surface area contributed by atoms with Crippen LogP contribution in [-0.2, 0) is 4.52 Å². The lowest BCUT2D eigenvalue weighted by Gasteiger charge is -2.15. The normalized spacial score (nSPS) is 10.5. The summed E-state index contributed by atoms with van der Waals surface area (Å²) in [6.45, 7) is 7.08. The molecule has 0 spiro atoms. The van der Waals surface area contributed by atoms with Crippen molar-refractivity contribution in [2.75, 3.05) is 19.8 Å². The Labute approximate surface area is 53.5 Å². The van der Waals surface area contributed by atoms with E-state index in [2.05, 4.69) is 28.2 Å². The van der Waals surface area contributed by atoms with E-state index in [-0.39, 0.29) is 0 Å². The Balaban J connectivity index is 3.07. The summed E-state index contributed by atoms with van der Waals surface area (Å²) in [4.78, 5) is 2.19. The Hall–Kier alpha value is 0.350. The van der Waals surface area contributed by atoms with Crippen LogP contribution in [0.2, 0.25) is 0 Å². The minimum atomic E-state index is 0.720. The van der Waals surface area contributed by atoms with Crippen molar-refractivity contribution in [2.45, 2.75) is 13.8 Å². The SMILES string of the molecule is CCN(CC)COP. The van der Waals surface area contributed by atoms with Crippen molar-refractivity contribution >= 4 is 9.47 Å². The van der Waals surface area contributed by atoms with Gasteiger partial charge in [-0.15, -0.1) is 0 Å². The lowest BCUT2D eigenvalue weighted by Crippen LogP contribution is -2.23. The van der Waals surface area contributed by atoms with Gasteiger partial charge in [-0.05, 0) is 13.1 Å². The molecule has 0 aliphatic rings. The molecule has 8 heavy (non-hydrogen) atoms. The molecule has 0 aliphatic heterocycles. The molecule has 0 heterocycles. The molecular weight excluding hydrogens is 121 g/mol. The molecule has 3 heteroatoms. The molecule has 0 aromatic carbocycles. The van der Waals surface area contributed by atoms with Crippen molar-refractivity contribution in [3.05, 3.63) is 0 Å². The summed E-state index contributed by atoms with van der Waals surface area (Å²) in [6, 6.07) is 0. The molecule has 0 saturated heterocycles. The zero-order valence-corrected chi connectivity index (χ0v) is 6.71. The highest BCUT2D eigenvalue weighted by Crippen LogP contribution is 1.90. The van der Waals surface area contributed by atoms with Crippen molar-refractivity contribution in [1.29, 1.82) is 0 Å². The lowest BCUT2D eigenvalue weighted by molar-refractivity contribution is 0.158. The Bertz CT molecular complexity index is 47.7. The second kappa shape index (κ2) is 5.49. The topological polar surface area (TPSA) is 12.5 Å². The molecule has 2 nitrogen and oxygen atoms in total. The quantitative estimate of drug-likeness (QED) is 0.422. The van der Waals surface area contributed by atoms with E-state index >= 15 is 0 Å². The van der Waals surface area contributed by atoms with Gasteiger partial charge in [-0.2, -0.15) is 0 Å². The highest BCUT2D eigenvalue weighted by atomic mass is 31.0. The first kappa shape index (κ1) is 8.35. The minimum Gasteiger partial charge on any atom is -0.350 e. The van der Waals surface area contributed by atoms with Gasteiger partial charge in [0.2, 0.25) is 0 Å². The summed E-state index contributed by atoms with van der Waals surface area (Å²) in [7, 11) is 2.24. The van der Waals surface area contributed by atoms with Crippen molar-refractivity contribution in [2.24, 2.45) is 0 Å². The zero-order chi connectivity index (χ0) is 6.41. The summed E-state index contributed by atoms with van der Waals surface area (Å²) in [5.74, 6) is 0. The Morgan fingerprint density at radius 1 is 1.38 bits per heavy atom. The molecule has 0 rings (SSSR count). The number of hydrogen-bond acceptors (Lipinski definition) is 2. The first-order valence-corrected chi connectivity index (χ1v) is 3.36. The van der Waals surface area contributed by atoms with Crippen LogP contribution in [0.15, 0.2) is 0 Å². The van der Waals surface area contributed by atoms with Crippen LogP contribution in [0.4, 0.5) is 0 Å². The first-order chi connectivity index (χ1) is 3.85. The third-order valence-corrected chi connectivity index (χ3v) is 1.30. The number of hydrogen-bond donors (Lipinski definition) is 0. The van der Waals surface area contributed by atoms with Gasteiger partial charge in [-0.3, -0.25) is 4.90 Å². The van der Waals surface area contributed by atoms with Gasteiger partial charge >= 0.3 is 0 Å². The van der Waals surface area contributed by atoms with Crippen LogP contribution in [0.5, 0.6) is 0 Å². The van der Waals surface area contributed by atoms with E-state index in [1.165, 1.54) is 0 Å². The molecule has 0 bridgehead atoms. The number of nitrogens with zero attached hydrogens (tertiary/aromatic N) is 1. The maximum Gasteiger partial charge on any atom is 0.103 e. The fraction of sp³-hybridized carbons (Fsp3) is 1.00. The van der Waals surface area contributed by atoms with E-state index in [0.29, 0.717) is 0 Å². The summed E-state index contributed by atoms with van der Waals surface area (Å²) in [6.07, 6.45) is 0. The minimum absolute atomic E-state index is 0.720. The van der Waals surface area contributed by atoms with Crippen molar-refractivity contribution in [1.82, 2.24) is 4.90 Å². The predicted octanol–water partition coefficient (Wildman–Crippen LogP) is 1.09. The summed E-state index contributed by atoms with van der Waals surface area (Å²) in [5.41, 5.74) is 0. The summed E-state index contributed by atoms with van der Waals surface area (Å²) >= 11 is 0. The highest BCUT2D eigenvalue weighted by molar-refractivity contribution is 7.09. The van der Waals surface area contributed by atoms with Gasteiger partial charge in [0.15, 0.2) is 0 Å². The molecule has 0 fully saturated rings. The van der Waals surface area contributed by atoms with Crippen LogP contribution in [0.3, 0.4) is 0 Å². The fourth-order valence-electron chi connectivity index (χ4n) is 0.512. The summed E-state index contributed by atoms with van der Waals surface area (Å²) < 4.78 is 4.83. The second-order valence-electron chi connectivity index (χ2n) is 1.60. The Morgan fingerprint density at radius 2 is 1.88 bits per heavy atom. The third kappa shape index (κ3) is 3.36. The van der Waals surface area contributed by atoms with Crippen LogP contribution >= 0.6 is 9.47 Å². The van der Waals surface area contributed by atoms with Crippen LogP contribution in [0, 0.1) is 0 Å². The standard InChI is InChI=1S/C5H14NOP/c1-3-6(4-2)5-7-8/h3-5,8H2,1-2H3. The Morgan fingerprint density at radius 3 is 2.00 bits per heavy atom. The van der Waals surface area contributed by atoms with Gasteiger partial charge in [0, 0.05) is 9.47 Å². The van der Waals surface area contributed by atoms with Crippen LogP contribution in [0.25, 0.3) is 0 Å². The second-order valence-corrected chi connectivity index (χ2v) is 1.93. The molecule has 1 unspecified atom stereocenters. The molecule has 0 radical (unpaired) electrons. The maximum atomic E-state index is 4.83. The predicted molar refractivity (Wildman–Crippen MR) is 38.6 cm³/mol. The van der Waals surface area contributed by atoms with Gasteiger partial charge in [0.05, 0.1) is 0 Å². The average Bonchev–Trinajstić information content (AvgIpc) is 1.83. The van der Waals surface area contributed by atoms with E-state index in [9.17, 15) is 0 Å². The van der Waals surface area contributed by atoms with E-state index < -0.39 is 0 Å². The van der Waals surface area contributed by atoms with Crippen molar-refractivity contribution in [3.63, 3.8) is 0 Å². The highest BCUT2D eigenvalue weighted by Gasteiger charge is 1.93. The molecule has 0 aromatic heterocycles.